The van der Waals surface area contributed by atoms with Crippen molar-refractivity contribution in [2.24, 2.45) is 0 Å². The van der Waals surface area contributed by atoms with Gasteiger partial charge in [-0.3, -0.25) is 28.8 Å². The molecule has 0 fully saturated rings. The van der Waals surface area contributed by atoms with Crippen molar-refractivity contribution in [3.8, 4) is 0 Å². The predicted molar refractivity (Wildman–Crippen MR) is 131 cm³/mol. The Morgan fingerprint density at radius 2 is 0.600 bits per heavy atom. The number of Topliss-reactive ketones (excluding diaryl/α,β-unsaturated/α-hetero) is 6. The van der Waals surface area contributed by atoms with Crippen molar-refractivity contribution in [2.45, 2.75) is 117 Å². The zero-order valence-corrected chi connectivity index (χ0v) is 24.5. The van der Waals surface area contributed by atoms with Crippen LogP contribution < -0.4 is 15.3 Å². The van der Waals surface area contributed by atoms with Crippen molar-refractivity contribution >= 4 is 52.6 Å². The maximum absolute atomic E-state index is 10.9. The third-order valence-corrected chi connectivity index (χ3v) is 4.93. The van der Waals surface area contributed by atoms with E-state index in [9.17, 15) is 58.5 Å². The van der Waals surface area contributed by atoms with Gasteiger partial charge in [0.25, 0.3) is 0 Å². The molecule has 0 aromatic rings. The molecule has 0 rings (SSSR count). The number of ketones is 6. The first-order chi connectivity index (χ1) is 18.2. The van der Waals surface area contributed by atoms with Gasteiger partial charge in [0.15, 0.2) is 17.3 Å². The molecule has 12 nitrogen and oxygen atoms in total. The molecule has 0 saturated heterocycles. The topological polar surface area (TPSA) is 223 Å². The summed E-state index contributed by atoms with van der Waals surface area (Å²) in [6.45, 7) is 5.99. The van der Waals surface area contributed by atoms with Crippen molar-refractivity contribution in [1.82, 2.24) is 0 Å². The molecule has 0 aliphatic heterocycles. The second-order valence-electron chi connectivity index (χ2n) is 8.65. The largest absolute Gasteiger partial charge is 3.00 e. The number of carbonyl (C=O) groups is 9. The Labute approximate surface area is 245 Å². The van der Waals surface area contributed by atoms with Crippen LogP contribution in [0, 0.1) is 0 Å². The average Bonchev–Trinajstić information content (AvgIpc) is 2.85. The standard InChI is InChI=1S/3C9H14O4.Fe/c3*1-2-3-4-5-7(10)6-8(11)9(12)13;/h3*2-6H2,1H3,(H,12,13);/q;;;+3/p-3. The maximum atomic E-state index is 10.9. The maximum Gasteiger partial charge on any atom is 3.00 e. The molecule has 0 N–H and O–H groups in total. The van der Waals surface area contributed by atoms with E-state index in [2.05, 4.69) is 0 Å². The van der Waals surface area contributed by atoms with Gasteiger partial charge in [-0.05, 0) is 19.3 Å². The van der Waals surface area contributed by atoms with Crippen LogP contribution in [0.2, 0.25) is 0 Å². The molecule has 227 valence electrons. The predicted octanol–water partition coefficient (Wildman–Crippen LogP) is -0.468. The summed E-state index contributed by atoms with van der Waals surface area (Å²) in [7, 11) is 0. The number of carboxylic acid groups (broad SMARTS) is 3. The van der Waals surface area contributed by atoms with E-state index in [-0.39, 0.29) is 53.7 Å². The minimum Gasteiger partial charge on any atom is -0.542 e. The van der Waals surface area contributed by atoms with Crippen molar-refractivity contribution in [3.63, 3.8) is 0 Å². The van der Waals surface area contributed by atoms with Crippen molar-refractivity contribution in [3.05, 3.63) is 0 Å². The third-order valence-electron chi connectivity index (χ3n) is 4.93. The second-order valence-corrected chi connectivity index (χ2v) is 8.65. The van der Waals surface area contributed by atoms with Crippen LogP contribution in [0.15, 0.2) is 0 Å². The smallest absolute Gasteiger partial charge is 0.542 e. The van der Waals surface area contributed by atoms with Crippen molar-refractivity contribution in [1.29, 1.82) is 0 Å². The van der Waals surface area contributed by atoms with E-state index in [0.717, 1.165) is 57.8 Å². The number of aliphatic carboxylic acids is 3. The normalized spacial score (nSPS) is 9.38. The molecular weight excluding hydrogens is 572 g/mol. The number of hydrogen-bond donors (Lipinski definition) is 0. The van der Waals surface area contributed by atoms with Crippen LogP contribution in [-0.4, -0.2) is 52.6 Å². The van der Waals surface area contributed by atoms with Gasteiger partial charge in [-0.2, -0.15) is 0 Å². The van der Waals surface area contributed by atoms with Gasteiger partial charge in [-0.1, -0.05) is 59.3 Å². The van der Waals surface area contributed by atoms with Crippen LogP contribution in [0.4, 0.5) is 0 Å². The van der Waals surface area contributed by atoms with Crippen LogP contribution in [0.3, 0.4) is 0 Å². The van der Waals surface area contributed by atoms with E-state index in [1.54, 1.807) is 0 Å². The summed E-state index contributed by atoms with van der Waals surface area (Å²) < 4.78 is 0. The van der Waals surface area contributed by atoms with E-state index in [1.807, 2.05) is 20.8 Å². The van der Waals surface area contributed by atoms with E-state index < -0.39 is 54.5 Å². The summed E-state index contributed by atoms with van der Waals surface area (Å²) >= 11 is 0. The molecule has 0 aromatic heterocycles. The van der Waals surface area contributed by atoms with Gasteiger partial charge in [0.1, 0.15) is 35.3 Å². The fourth-order valence-electron chi connectivity index (χ4n) is 2.74. The minimum absolute atomic E-state index is 0. The Morgan fingerprint density at radius 3 is 0.750 bits per heavy atom. The van der Waals surface area contributed by atoms with Crippen LogP contribution >= 0.6 is 0 Å². The molecule has 0 amide bonds. The molecule has 0 aliphatic rings. The summed E-state index contributed by atoms with van der Waals surface area (Å²) in [5, 5.41) is 29.9. The number of hydrogen-bond acceptors (Lipinski definition) is 12. The molecule has 0 atom stereocenters. The Kier molecular flexibility index (Phi) is 31.8. The molecule has 0 aliphatic carbocycles. The minimum atomic E-state index is -1.77. The molecule has 0 unspecified atom stereocenters. The zero-order chi connectivity index (χ0) is 30.8. The van der Waals surface area contributed by atoms with E-state index in [0.29, 0.717) is 0 Å². The van der Waals surface area contributed by atoms with Gasteiger partial charge < -0.3 is 29.7 Å². The number of carboxylic acids is 3. The Balaban J connectivity index is -0.000000240. The first-order valence-corrected chi connectivity index (χ1v) is 13.0. The average molecular weight is 611 g/mol. The fraction of sp³-hybridized carbons (Fsp3) is 0.667. The Hall–Kier alpha value is -3.05. The Bertz CT molecular complexity index is 739. The van der Waals surface area contributed by atoms with E-state index in [4.69, 9.17) is 0 Å². The van der Waals surface area contributed by atoms with Gasteiger partial charge in [0, 0.05) is 19.3 Å². The van der Waals surface area contributed by atoms with Crippen LogP contribution in [0.25, 0.3) is 0 Å². The van der Waals surface area contributed by atoms with Crippen molar-refractivity contribution < 1.29 is 75.5 Å². The molecule has 0 spiro atoms. The third kappa shape index (κ3) is 31.2. The molecular formula is C27H39FeO12. The van der Waals surface area contributed by atoms with Gasteiger partial charge in [-0.15, -0.1) is 0 Å². The SMILES string of the molecule is CCCCCC(=O)CC(=O)C(=O)[O-].CCCCCC(=O)CC(=O)C(=O)[O-].CCCCCC(=O)CC(=O)C(=O)[O-].[Fe+3]. The van der Waals surface area contributed by atoms with Crippen LogP contribution in [-0.2, 0) is 60.2 Å². The van der Waals surface area contributed by atoms with E-state index in [1.165, 1.54) is 0 Å². The molecule has 0 aromatic carbocycles. The summed E-state index contributed by atoms with van der Waals surface area (Å²) in [5.74, 6) is -9.64. The summed E-state index contributed by atoms with van der Waals surface area (Å²) in [6.07, 6.45) is 7.17. The van der Waals surface area contributed by atoms with Gasteiger partial charge >= 0.3 is 17.1 Å². The van der Waals surface area contributed by atoms with Gasteiger partial charge in [0.2, 0.25) is 0 Å². The van der Waals surface area contributed by atoms with Crippen LogP contribution in [0.5, 0.6) is 0 Å². The van der Waals surface area contributed by atoms with Gasteiger partial charge in [-0.25, -0.2) is 0 Å². The molecule has 40 heavy (non-hydrogen) atoms. The van der Waals surface area contributed by atoms with Crippen LogP contribution in [0.1, 0.15) is 117 Å². The Morgan fingerprint density at radius 1 is 0.400 bits per heavy atom. The number of rotatable bonds is 21. The van der Waals surface area contributed by atoms with E-state index >= 15 is 0 Å². The second kappa shape index (κ2) is 28.9. The summed E-state index contributed by atoms with van der Waals surface area (Å²) in [4.78, 5) is 94.1. The summed E-state index contributed by atoms with van der Waals surface area (Å²) in [5.41, 5.74) is 0. The quantitative estimate of drug-likeness (QED) is 0.0695. The summed E-state index contributed by atoms with van der Waals surface area (Å²) in [6, 6.07) is 0. The number of unbranched alkanes of at least 4 members (excludes halogenated alkanes) is 6. The molecule has 0 heterocycles. The number of carbonyl (C=O) groups excluding carboxylic acids is 9. The van der Waals surface area contributed by atoms with Crippen molar-refractivity contribution in [2.75, 3.05) is 0 Å². The fourth-order valence-corrected chi connectivity index (χ4v) is 2.74. The first kappa shape index (κ1) is 44.0. The first-order valence-electron chi connectivity index (χ1n) is 13.0. The van der Waals surface area contributed by atoms with Gasteiger partial charge in [0.05, 0.1) is 19.3 Å². The molecule has 0 bridgehead atoms. The monoisotopic (exact) mass is 611 g/mol. The molecule has 13 heteroatoms. The zero-order valence-electron chi connectivity index (χ0n) is 23.4. The molecule has 1 radical (unpaired) electrons. The molecule has 0 saturated carbocycles.